The predicted octanol–water partition coefficient (Wildman–Crippen LogP) is 2.46. The van der Waals surface area contributed by atoms with Gasteiger partial charge in [0.05, 0.1) is 11.9 Å². The van der Waals surface area contributed by atoms with E-state index in [2.05, 4.69) is 16.4 Å². The number of amides is 1. The zero-order chi connectivity index (χ0) is 18.7. The number of hydrogen-bond donors (Lipinski definition) is 0. The van der Waals surface area contributed by atoms with Crippen LogP contribution in [0.3, 0.4) is 0 Å². The Hall–Kier alpha value is -3.02. The second-order valence-corrected chi connectivity index (χ2v) is 6.56. The van der Waals surface area contributed by atoms with Crippen molar-refractivity contribution in [2.45, 2.75) is 33.4 Å². The smallest absolute Gasteiger partial charge is 0.277 e. The molecule has 0 saturated heterocycles. The number of carbonyl (C=O) groups is 1. The lowest BCUT2D eigenvalue weighted by atomic mass is 10.1. The summed E-state index contributed by atoms with van der Waals surface area (Å²) in [5.74, 6) is -0.0353. The van der Waals surface area contributed by atoms with Crippen LogP contribution in [-0.4, -0.2) is 32.8 Å². The number of hydrogen-bond acceptors (Lipinski definition) is 4. The maximum Gasteiger partial charge on any atom is 0.277 e. The SMILES string of the molecule is Cc1ccc(CN(C)C(=O)CCn2nnc3ccccc3c2=O)c(C)c1. The molecule has 0 unspecified atom stereocenters. The Bertz CT molecular complexity index is 1010. The molecule has 0 aliphatic carbocycles. The van der Waals surface area contributed by atoms with E-state index in [1.54, 1.807) is 30.1 Å². The zero-order valence-corrected chi connectivity index (χ0v) is 15.3. The Balaban J connectivity index is 1.66. The summed E-state index contributed by atoms with van der Waals surface area (Å²) in [4.78, 5) is 26.5. The first-order valence-electron chi connectivity index (χ1n) is 8.58. The van der Waals surface area contributed by atoms with Crippen LogP contribution in [0, 0.1) is 13.8 Å². The van der Waals surface area contributed by atoms with Crippen LogP contribution in [0.15, 0.2) is 47.3 Å². The molecule has 1 aromatic heterocycles. The number of fused-ring (bicyclic) bond motifs is 1. The molecule has 3 rings (SSSR count). The molecule has 0 radical (unpaired) electrons. The molecule has 0 aliphatic heterocycles. The highest BCUT2D eigenvalue weighted by Gasteiger charge is 2.12. The molecule has 0 N–H and O–H groups in total. The van der Waals surface area contributed by atoms with Crippen molar-refractivity contribution in [1.29, 1.82) is 0 Å². The van der Waals surface area contributed by atoms with Crippen molar-refractivity contribution in [2.24, 2.45) is 0 Å². The third kappa shape index (κ3) is 3.79. The monoisotopic (exact) mass is 350 g/mol. The number of rotatable bonds is 5. The van der Waals surface area contributed by atoms with Crippen molar-refractivity contribution in [2.75, 3.05) is 7.05 Å². The van der Waals surface area contributed by atoms with Crippen LogP contribution in [-0.2, 0) is 17.9 Å². The van der Waals surface area contributed by atoms with E-state index < -0.39 is 0 Å². The molecule has 2 aromatic carbocycles. The van der Waals surface area contributed by atoms with Gasteiger partial charge in [-0.25, -0.2) is 4.68 Å². The van der Waals surface area contributed by atoms with Crippen LogP contribution in [0.25, 0.3) is 10.9 Å². The van der Waals surface area contributed by atoms with Crippen LogP contribution < -0.4 is 5.56 Å². The van der Waals surface area contributed by atoms with E-state index in [1.807, 2.05) is 32.0 Å². The topological polar surface area (TPSA) is 68.1 Å². The van der Waals surface area contributed by atoms with Gasteiger partial charge in [0.25, 0.3) is 5.56 Å². The Morgan fingerprint density at radius 3 is 2.69 bits per heavy atom. The van der Waals surface area contributed by atoms with Gasteiger partial charge in [-0.2, -0.15) is 0 Å². The maximum atomic E-state index is 12.4. The van der Waals surface area contributed by atoms with Crippen molar-refractivity contribution in [3.8, 4) is 0 Å². The molecule has 26 heavy (non-hydrogen) atoms. The normalized spacial score (nSPS) is 10.9. The van der Waals surface area contributed by atoms with E-state index in [4.69, 9.17) is 0 Å². The first kappa shape index (κ1) is 17.8. The van der Waals surface area contributed by atoms with Crippen LogP contribution in [0.1, 0.15) is 23.1 Å². The largest absolute Gasteiger partial charge is 0.341 e. The van der Waals surface area contributed by atoms with Crippen molar-refractivity contribution in [1.82, 2.24) is 19.9 Å². The molecule has 6 heteroatoms. The second kappa shape index (κ2) is 7.47. The van der Waals surface area contributed by atoms with E-state index in [1.165, 1.54) is 15.8 Å². The summed E-state index contributed by atoms with van der Waals surface area (Å²) in [6.07, 6.45) is 0.203. The van der Waals surface area contributed by atoms with E-state index in [0.29, 0.717) is 17.4 Å². The molecule has 1 amide bonds. The van der Waals surface area contributed by atoms with Gasteiger partial charge >= 0.3 is 0 Å². The van der Waals surface area contributed by atoms with Gasteiger partial charge in [-0.05, 0) is 37.1 Å². The van der Waals surface area contributed by atoms with E-state index >= 15 is 0 Å². The van der Waals surface area contributed by atoms with E-state index in [9.17, 15) is 9.59 Å². The van der Waals surface area contributed by atoms with Crippen molar-refractivity contribution >= 4 is 16.8 Å². The van der Waals surface area contributed by atoms with Crippen LogP contribution in [0.4, 0.5) is 0 Å². The first-order valence-corrected chi connectivity index (χ1v) is 8.58. The fourth-order valence-electron chi connectivity index (χ4n) is 2.93. The second-order valence-electron chi connectivity index (χ2n) is 6.56. The lowest BCUT2D eigenvalue weighted by molar-refractivity contribution is -0.130. The number of benzene rings is 2. The molecule has 0 spiro atoms. The summed E-state index contributed by atoms with van der Waals surface area (Å²) in [6.45, 7) is 4.86. The Morgan fingerprint density at radius 2 is 1.92 bits per heavy atom. The quantitative estimate of drug-likeness (QED) is 0.709. The lowest BCUT2D eigenvalue weighted by Crippen LogP contribution is -2.30. The molecule has 3 aromatic rings. The highest BCUT2D eigenvalue weighted by Crippen LogP contribution is 2.13. The van der Waals surface area contributed by atoms with Gasteiger partial charge in [-0.1, -0.05) is 41.1 Å². The Kier molecular flexibility index (Phi) is 5.11. The molecule has 0 saturated carbocycles. The summed E-state index contributed by atoms with van der Waals surface area (Å²) in [7, 11) is 1.77. The Morgan fingerprint density at radius 1 is 1.15 bits per heavy atom. The van der Waals surface area contributed by atoms with Crippen LogP contribution in [0.5, 0.6) is 0 Å². The van der Waals surface area contributed by atoms with Gasteiger partial charge in [-0.15, -0.1) is 5.10 Å². The predicted molar refractivity (Wildman–Crippen MR) is 101 cm³/mol. The number of aryl methyl sites for hydroxylation is 3. The minimum atomic E-state index is -0.222. The summed E-state index contributed by atoms with van der Waals surface area (Å²) in [6, 6.07) is 13.3. The summed E-state index contributed by atoms with van der Waals surface area (Å²) in [5, 5.41) is 8.48. The fourth-order valence-corrected chi connectivity index (χ4v) is 2.93. The molecule has 0 fully saturated rings. The fraction of sp³-hybridized carbons (Fsp3) is 0.300. The summed E-state index contributed by atoms with van der Waals surface area (Å²) < 4.78 is 1.26. The molecule has 6 nitrogen and oxygen atoms in total. The maximum absolute atomic E-state index is 12.4. The molecule has 0 bridgehead atoms. The highest BCUT2D eigenvalue weighted by atomic mass is 16.2. The lowest BCUT2D eigenvalue weighted by Gasteiger charge is -2.19. The molecule has 1 heterocycles. The molecular weight excluding hydrogens is 328 g/mol. The minimum absolute atomic E-state index is 0.0353. The van der Waals surface area contributed by atoms with Gasteiger partial charge in [0.15, 0.2) is 0 Å². The van der Waals surface area contributed by atoms with Gasteiger partial charge in [0.1, 0.15) is 5.52 Å². The van der Waals surface area contributed by atoms with Crippen LogP contribution in [0.2, 0.25) is 0 Å². The third-order valence-electron chi connectivity index (χ3n) is 4.50. The average Bonchev–Trinajstić information content (AvgIpc) is 2.63. The molecular formula is C20H22N4O2. The van der Waals surface area contributed by atoms with Gasteiger partial charge in [-0.3, -0.25) is 9.59 Å². The van der Waals surface area contributed by atoms with Crippen molar-refractivity contribution in [3.63, 3.8) is 0 Å². The highest BCUT2D eigenvalue weighted by molar-refractivity contribution is 5.77. The standard InChI is InChI=1S/C20H22N4O2/c1-14-8-9-16(15(2)12-14)13-23(3)19(25)10-11-24-20(26)17-6-4-5-7-18(17)21-22-24/h4-9,12H,10-11,13H2,1-3H3. The summed E-state index contributed by atoms with van der Waals surface area (Å²) in [5.41, 5.74) is 3.83. The average molecular weight is 350 g/mol. The number of nitrogens with zero attached hydrogens (tertiary/aromatic N) is 4. The number of carbonyl (C=O) groups excluding carboxylic acids is 1. The van der Waals surface area contributed by atoms with Crippen LogP contribution >= 0.6 is 0 Å². The van der Waals surface area contributed by atoms with Crippen molar-refractivity contribution < 1.29 is 4.79 Å². The Labute approximate surface area is 152 Å². The third-order valence-corrected chi connectivity index (χ3v) is 4.50. The number of aromatic nitrogens is 3. The van der Waals surface area contributed by atoms with E-state index in [0.717, 1.165) is 5.56 Å². The van der Waals surface area contributed by atoms with Gasteiger partial charge in [0, 0.05) is 20.0 Å². The molecule has 0 atom stereocenters. The van der Waals surface area contributed by atoms with Gasteiger partial charge in [0.2, 0.25) is 5.91 Å². The van der Waals surface area contributed by atoms with E-state index in [-0.39, 0.29) is 24.4 Å². The van der Waals surface area contributed by atoms with Gasteiger partial charge < -0.3 is 4.90 Å². The first-order chi connectivity index (χ1) is 12.5. The molecule has 134 valence electrons. The zero-order valence-electron chi connectivity index (χ0n) is 15.3. The minimum Gasteiger partial charge on any atom is -0.341 e. The summed E-state index contributed by atoms with van der Waals surface area (Å²) >= 11 is 0. The molecule has 0 aliphatic rings. The van der Waals surface area contributed by atoms with Crippen molar-refractivity contribution in [3.05, 3.63) is 69.5 Å².